The summed E-state index contributed by atoms with van der Waals surface area (Å²) in [5.41, 5.74) is 12.6. The van der Waals surface area contributed by atoms with Crippen molar-refractivity contribution in [2.45, 2.75) is 12.0 Å². The molecule has 55 heavy (non-hydrogen) atoms. The van der Waals surface area contributed by atoms with Gasteiger partial charge in [-0.3, -0.25) is 0 Å². The molecule has 12 rings (SSSR count). The van der Waals surface area contributed by atoms with Gasteiger partial charge in [0.2, 0.25) is 5.89 Å². The number of hydrogen-bond acceptors (Lipinski definition) is 4. The van der Waals surface area contributed by atoms with Crippen molar-refractivity contribution in [1.82, 2.24) is 4.98 Å². The van der Waals surface area contributed by atoms with Gasteiger partial charge in [0.25, 0.3) is 0 Å². The number of rotatable bonds is 4. The molecule has 0 saturated carbocycles. The van der Waals surface area contributed by atoms with E-state index in [4.69, 9.17) is 13.8 Å². The molecule has 0 saturated heterocycles. The number of fused-ring (bicyclic) bond motifs is 11. The molecule has 2 aliphatic rings. The van der Waals surface area contributed by atoms with Crippen LogP contribution in [-0.2, 0) is 0 Å². The molecule has 4 heteroatoms. The molecular weight excluding hydrogens is 673 g/mol. The van der Waals surface area contributed by atoms with E-state index in [-0.39, 0.29) is 12.0 Å². The Balaban J connectivity index is 0.929. The van der Waals surface area contributed by atoms with Crippen molar-refractivity contribution in [3.8, 4) is 22.3 Å². The summed E-state index contributed by atoms with van der Waals surface area (Å²) in [4.78, 5) is 7.53. The lowest BCUT2D eigenvalue weighted by Gasteiger charge is -2.29. The first-order chi connectivity index (χ1) is 27.2. The second-order valence-corrected chi connectivity index (χ2v) is 14.7. The highest BCUT2D eigenvalue weighted by Crippen LogP contribution is 2.50. The van der Waals surface area contributed by atoms with Gasteiger partial charge in [0.1, 0.15) is 16.7 Å². The number of hydrogen-bond donors (Lipinski definition) is 0. The lowest BCUT2D eigenvalue weighted by atomic mass is 9.88. The Morgan fingerprint density at radius 3 is 2.25 bits per heavy atom. The summed E-state index contributed by atoms with van der Waals surface area (Å²) in [5, 5.41) is 6.98. The van der Waals surface area contributed by atoms with Crippen molar-refractivity contribution < 1.29 is 8.83 Å². The average molecular weight is 705 g/mol. The second kappa shape index (κ2) is 11.7. The molecule has 0 radical (unpaired) electrons. The number of furan rings is 1. The molecule has 0 fully saturated rings. The van der Waals surface area contributed by atoms with Crippen molar-refractivity contribution in [3.05, 3.63) is 193 Å². The number of nitrogens with zero attached hydrogens (tertiary/aromatic N) is 2. The Labute approximate surface area is 316 Å². The highest BCUT2D eigenvalue weighted by Gasteiger charge is 2.38. The topological polar surface area (TPSA) is 42.4 Å². The van der Waals surface area contributed by atoms with Crippen molar-refractivity contribution in [3.63, 3.8) is 0 Å². The molecule has 3 heterocycles. The molecule has 0 N–H and O–H groups in total. The summed E-state index contributed by atoms with van der Waals surface area (Å²) in [7, 11) is 0. The molecule has 0 bridgehead atoms. The Kier molecular flexibility index (Phi) is 6.43. The van der Waals surface area contributed by atoms with Crippen molar-refractivity contribution in [1.29, 1.82) is 0 Å². The fourth-order valence-corrected chi connectivity index (χ4v) is 9.00. The number of oxazole rings is 1. The van der Waals surface area contributed by atoms with Crippen LogP contribution in [-0.4, -0.2) is 11.0 Å². The van der Waals surface area contributed by atoms with E-state index in [0.717, 1.165) is 49.7 Å². The fourth-order valence-electron chi connectivity index (χ4n) is 9.00. The van der Waals surface area contributed by atoms with Gasteiger partial charge in [-0.2, -0.15) is 0 Å². The number of para-hydroxylation sites is 1. The van der Waals surface area contributed by atoms with E-state index >= 15 is 0 Å². The third-order valence-corrected chi connectivity index (χ3v) is 11.6. The zero-order valence-electron chi connectivity index (χ0n) is 29.7. The van der Waals surface area contributed by atoms with Crippen molar-refractivity contribution in [2.75, 3.05) is 4.90 Å². The van der Waals surface area contributed by atoms with Gasteiger partial charge in [-0.25, -0.2) is 4.98 Å². The Morgan fingerprint density at radius 2 is 1.29 bits per heavy atom. The largest absolute Gasteiger partial charge is 0.456 e. The van der Waals surface area contributed by atoms with E-state index in [0.29, 0.717) is 5.89 Å². The van der Waals surface area contributed by atoms with E-state index in [2.05, 4.69) is 175 Å². The zero-order valence-corrected chi connectivity index (χ0v) is 29.7. The van der Waals surface area contributed by atoms with Crippen LogP contribution < -0.4 is 4.90 Å². The zero-order chi connectivity index (χ0) is 36.0. The maximum atomic E-state index is 6.74. The van der Waals surface area contributed by atoms with E-state index in [1.165, 1.54) is 49.6 Å². The summed E-state index contributed by atoms with van der Waals surface area (Å²) in [6.07, 6.45) is 6.82. The Hall–Kier alpha value is -7.17. The molecule has 0 amide bonds. The molecule has 2 atom stereocenters. The third-order valence-electron chi connectivity index (χ3n) is 11.6. The van der Waals surface area contributed by atoms with Crippen LogP contribution in [0.15, 0.2) is 191 Å². The number of allylic oxidation sites excluding steroid dienone is 2. The first kappa shape index (κ1) is 30.3. The lowest BCUT2D eigenvalue weighted by Crippen LogP contribution is -2.29. The van der Waals surface area contributed by atoms with Gasteiger partial charge in [-0.15, -0.1) is 0 Å². The molecule has 2 unspecified atom stereocenters. The fraction of sp³-hybridized carbons (Fsp3) is 0.0392. The van der Waals surface area contributed by atoms with Crippen molar-refractivity contribution in [2.24, 2.45) is 0 Å². The third kappa shape index (κ3) is 4.68. The minimum absolute atomic E-state index is 0.133. The number of aromatic nitrogens is 1. The van der Waals surface area contributed by atoms with E-state index in [9.17, 15) is 0 Å². The van der Waals surface area contributed by atoms with Crippen LogP contribution in [0.25, 0.3) is 82.4 Å². The number of anilines is 2. The minimum Gasteiger partial charge on any atom is -0.456 e. The average Bonchev–Trinajstić information content (AvgIpc) is 3.95. The maximum absolute atomic E-state index is 6.74. The molecule has 2 aromatic heterocycles. The molecule has 1 aliphatic carbocycles. The van der Waals surface area contributed by atoms with Gasteiger partial charge in [0.05, 0.1) is 11.4 Å². The highest BCUT2D eigenvalue weighted by atomic mass is 16.4. The number of benzene rings is 8. The highest BCUT2D eigenvalue weighted by molar-refractivity contribution is 6.17. The van der Waals surface area contributed by atoms with Crippen LogP contribution in [0, 0.1) is 0 Å². The maximum Gasteiger partial charge on any atom is 0.227 e. The summed E-state index contributed by atoms with van der Waals surface area (Å²) < 4.78 is 13.1. The predicted molar refractivity (Wildman–Crippen MR) is 226 cm³/mol. The van der Waals surface area contributed by atoms with Crippen LogP contribution in [0.4, 0.5) is 11.4 Å². The molecule has 8 aromatic carbocycles. The SMILES string of the molecule is C1=CC2C(C=C1c1nc3ccc4oc5ccc(-c6ccc7c(ccc8ccccc87)c6)cc5c4c3o1)c1ccccc1N2c1cccc(-c2ccccc2)c1. The van der Waals surface area contributed by atoms with Gasteiger partial charge in [0, 0.05) is 28.3 Å². The van der Waals surface area contributed by atoms with Crippen LogP contribution in [0.5, 0.6) is 0 Å². The Morgan fingerprint density at radius 1 is 0.527 bits per heavy atom. The normalized spacial score (nSPS) is 16.4. The first-order valence-electron chi connectivity index (χ1n) is 18.9. The van der Waals surface area contributed by atoms with Crippen LogP contribution in [0.3, 0.4) is 0 Å². The lowest BCUT2D eigenvalue weighted by molar-refractivity contribution is 0.586. The molecule has 258 valence electrons. The van der Waals surface area contributed by atoms with Gasteiger partial charge in [-0.1, -0.05) is 133 Å². The summed E-state index contributed by atoms with van der Waals surface area (Å²) in [6, 6.07) is 58.5. The minimum atomic E-state index is 0.133. The van der Waals surface area contributed by atoms with Crippen LogP contribution in [0.1, 0.15) is 17.4 Å². The van der Waals surface area contributed by atoms with E-state index in [1.807, 2.05) is 12.1 Å². The summed E-state index contributed by atoms with van der Waals surface area (Å²) >= 11 is 0. The van der Waals surface area contributed by atoms with Gasteiger partial charge >= 0.3 is 0 Å². The van der Waals surface area contributed by atoms with E-state index < -0.39 is 0 Å². The summed E-state index contributed by atoms with van der Waals surface area (Å²) in [6.45, 7) is 0. The second-order valence-electron chi connectivity index (χ2n) is 14.7. The molecule has 10 aromatic rings. The monoisotopic (exact) mass is 704 g/mol. The van der Waals surface area contributed by atoms with Gasteiger partial charge in [0.15, 0.2) is 5.58 Å². The Bertz CT molecular complexity index is 3240. The molecule has 4 nitrogen and oxygen atoms in total. The quantitative estimate of drug-likeness (QED) is 0.171. The standard InChI is InChI=1S/C51H32N2O2/c1-2-9-31(10-3-1)33-12-8-13-38(28-33)53-45-16-7-6-15-41(45)42-30-37(20-24-46(42)53)51-52-44-23-26-48-49(50(44)55-51)43-29-35(21-25-47(43)54-48)34-19-22-40-36(27-34)18-17-32-11-4-5-14-39(32)40/h1-30,42,46H. The molecular formula is C51H32N2O2. The van der Waals surface area contributed by atoms with E-state index in [1.54, 1.807) is 0 Å². The molecule has 0 spiro atoms. The van der Waals surface area contributed by atoms with Gasteiger partial charge in [-0.05, 0) is 97.9 Å². The van der Waals surface area contributed by atoms with Crippen LogP contribution in [0.2, 0.25) is 0 Å². The molecule has 1 aliphatic heterocycles. The predicted octanol–water partition coefficient (Wildman–Crippen LogP) is 13.6. The van der Waals surface area contributed by atoms with Gasteiger partial charge < -0.3 is 13.7 Å². The first-order valence-corrected chi connectivity index (χ1v) is 18.9. The van der Waals surface area contributed by atoms with Crippen molar-refractivity contribution >= 4 is 71.5 Å². The summed E-state index contributed by atoms with van der Waals surface area (Å²) in [5.74, 6) is 0.760. The van der Waals surface area contributed by atoms with Crippen LogP contribution >= 0.6 is 0 Å². The smallest absolute Gasteiger partial charge is 0.227 e.